The molecule has 0 atom stereocenters. The molecule has 618 valence electrons. The minimum absolute atomic E-state index is 0.603. The second kappa shape index (κ2) is 32.7. The molecule has 0 fully saturated rings. The molecule has 0 saturated heterocycles. The normalized spacial score (nSPS) is 11.6. The van der Waals surface area contributed by atoms with Crippen molar-refractivity contribution in [3.8, 4) is 120 Å². The number of thiophene rings is 3. The summed E-state index contributed by atoms with van der Waals surface area (Å²) in [5, 5.41) is 14.7. The summed E-state index contributed by atoms with van der Waals surface area (Å²) in [7, 11) is 0. The van der Waals surface area contributed by atoms with Gasteiger partial charge in [-0.05, 0) is 113 Å². The third kappa shape index (κ3) is 13.9. The fourth-order valence-electron chi connectivity index (χ4n) is 18.5. The summed E-state index contributed by atoms with van der Waals surface area (Å²) in [5.41, 5.74) is 19.0. The minimum Gasteiger partial charge on any atom is -0.309 e. The van der Waals surface area contributed by atoms with Gasteiger partial charge in [0.1, 0.15) is 0 Å². The van der Waals surface area contributed by atoms with Crippen molar-refractivity contribution in [2.75, 3.05) is 0 Å². The van der Waals surface area contributed by atoms with Gasteiger partial charge in [-0.15, -0.1) is 34.0 Å². The molecule has 0 aliphatic heterocycles. The minimum atomic E-state index is 0.603. The largest absolute Gasteiger partial charge is 0.309 e. The van der Waals surface area contributed by atoms with E-state index in [2.05, 4.69) is 408 Å². The summed E-state index contributed by atoms with van der Waals surface area (Å²) in [5.74, 6) is 5.76. The molecule has 12 nitrogen and oxygen atoms in total. The van der Waals surface area contributed by atoms with Crippen molar-refractivity contribution in [1.29, 1.82) is 0 Å². The van der Waals surface area contributed by atoms with Gasteiger partial charge in [0.15, 0.2) is 40.8 Å². The van der Waals surface area contributed by atoms with Crippen molar-refractivity contribution in [2.24, 2.45) is 0 Å². The van der Waals surface area contributed by atoms with E-state index in [9.17, 15) is 0 Å². The molecular weight excluding hydrogens is 1670 g/mol. The second-order valence-electron chi connectivity index (χ2n) is 32.7. The standard InChI is InChI=1S/C45H28N4S.C39H24N4S.C33H20N4S/c1-3-12-29(13-4-1)30-14-11-15-31(26-30)43-46-44(48-45(47-43)33-23-25-38-37-19-8-10-21-41(37)50-42(38)28-33)32-22-24-36-35-18-7-9-20-39(35)49(40(36)27-32)34-16-5-2-6-17-34;1-2-10-25(11-3-1)26-18-20-27(21-19-26)37-40-38(28-22-23-32-31-14-6-9-17-35(31)44-36(32)24-28)42-39(41-37)43-33-15-7-4-12-29(33)30-13-5-8-16-34(30)43;1-2-10-21(11-3-1)31-34-32(22-18-19-26-25-14-6-9-17-29(25)38-30(26)20-22)36-33(35-31)37-27-15-7-4-12-23(27)24-13-5-8-16-28(24)37/h1-28H;1-24H;1-20H. The predicted molar refractivity (Wildman–Crippen MR) is 550 cm³/mol. The number of fused-ring (bicyclic) bond motifs is 18. The Morgan fingerprint density at radius 1 is 0.136 bits per heavy atom. The molecule has 0 spiro atoms. The van der Waals surface area contributed by atoms with Crippen molar-refractivity contribution < 1.29 is 0 Å². The van der Waals surface area contributed by atoms with Crippen LogP contribution in [0.2, 0.25) is 0 Å². The van der Waals surface area contributed by atoms with E-state index < -0.39 is 0 Å². The molecule has 0 N–H and O–H groups in total. The summed E-state index contributed by atoms with van der Waals surface area (Å²) in [6, 6.07) is 153. The lowest BCUT2D eigenvalue weighted by molar-refractivity contribution is 0.953. The molecule has 0 aliphatic rings. The first-order chi connectivity index (χ1) is 65.4. The Bertz CT molecular complexity index is 9070. The van der Waals surface area contributed by atoms with E-state index in [4.69, 9.17) is 44.9 Å². The lowest BCUT2D eigenvalue weighted by Gasteiger charge is -2.11. The Balaban J connectivity index is 0.000000107. The fourth-order valence-corrected chi connectivity index (χ4v) is 22.0. The summed E-state index contributed by atoms with van der Waals surface area (Å²) in [6.07, 6.45) is 0. The molecule has 18 aromatic carbocycles. The quantitative estimate of drug-likeness (QED) is 0.117. The Kier molecular flexibility index (Phi) is 19.2. The molecule has 9 heterocycles. The van der Waals surface area contributed by atoms with E-state index in [1.807, 2.05) is 42.5 Å². The molecule has 0 aliphatic carbocycles. The number of nitrogens with zero attached hydrogens (tertiary/aromatic N) is 12. The van der Waals surface area contributed by atoms with Gasteiger partial charge in [-0.1, -0.05) is 346 Å². The molecule has 0 amide bonds. The van der Waals surface area contributed by atoms with Crippen LogP contribution in [-0.2, 0) is 0 Å². The highest BCUT2D eigenvalue weighted by molar-refractivity contribution is 7.26. The van der Waals surface area contributed by atoms with Crippen LogP contribution in [0.15, 0.2) is 437 Å². The highest BCUT2D eigenvalue weighted by Gasteiger charge is 2.24. The summed E-state index contributed by atoms with van der Waals surface area (Å²) < 4.78 is 14.1. The van der Waals surface area contributed by atoms with Crippen LogP contribution in [0.1, 0.15) is 0 Å². The first-order valence-corrected chi connectivity index (χ1v) is 46.3. The topological polar surface area (TPSA) is 131 Å². The number of hydrogen-bond donors (Lipinski definition) is 0. The molecule has 9 aromatic heterocycles. The number of para-hydroxylation sites is 6. The van der Waals surface area contributed by atoms with Gasteiger partial charge in [0.2, 0.25) is 11.9 Å². The summed E-state index contributed by atoms with van der Waals surface area (Å²) >= 11 is 5.40. The highest BCUT2D eigenvalue weighted by atomic mass is 32.1. The predicted octanol–water partition coefficient (Wildman–Crippen LogP) is 31.0. The van der Waals surface area contributed by atoms with Gasteiger partial charge >= 0.3 is 0 Å². The summed E-state index contributed by atoms with van der Waals surface area (Å²) in [4.78, 5) is 45.9. The second-order valence-corrected chi connectivity index (χ2v) is 36.0. The first-order valence-electron chi connectivity index (χ1n) is 43.9. The van der Waals surface area contributed by atoms with Crippen LogP contribution in [0.3, 0.4) is 0 Å². The number of hydrogen-bond acceptors (Lipinski definition) is 12. The van der Waals surface area contributed by atoms with Gasteiger partial charge in [0, 0.05) is 137 Å². The zero-order valence-electron chi connectivity index (χ0n) is 70.7. The average Bonchev–Trinajstić information content (AvgIpc) is 1.58. The van der Waals surface area contributed by atoms with Gasteiger partial charge in [0.25, 0.3) is 0 Å². The molecular formula is C117H72N12S3. The fraction of sp³-hybridized carbons (Fsp3) is 0. The van der Waals surface area contributed by atoms with E-state index >= 15 is 0 Å². The third-order valence-electron chi connectivity index (χ3n) is 24.8. The zero-order chi connectivity index (χ0) is 87.1. The molecule has 0 bridgehead atoms. The van der Waals surface area contributed by atoms with E-state index in [0.29, 0.717) is 52.7 Å². The smallest absolute Gasteiger partial charge is 0.238 e. The van der Waals surface area contributed by atoms with Crippen molar-refractivity contribution in [2.45, 2.75) is 0 Å². The monoisotopic (exact) mass is 1740 g/mol. The molecule has 0 unspecified atom stereocenters. The van der Waals surface area contributed by atoms with Gasteiger partial charge < -0.3 is 4.57 Å². The lowest BCUT2D eigenvalue weighted by Crippen LogP contribution is -2.06. The van der Waals surface area contributed by atoms with Crippen molar-refractivity contribution in [3.05, 3.63) is 437 Å². The Labute approximate surface area is 769 Å². The maximum Gasteiger partial charge on any atom is 0.238 e. The Morgan fingerprint density at radius 3 is 0.765 bits per heavy atom. The van der Waals surface area contributed by atoms with Gasteiger partial charge in [-0.3, -0.25) is 9.13 Å². The molecule has 15 heteroatoms. The van der Waals surface area contributed by atoms with Crippen LogP contribution in [0, 0.1) is 0 Å². The SMILES string of the molecule is c1ccc(-c2ccc(-c3nc(-c4ccc5c(c4)sc4ccccc45)nc(-n4c5ccccc5c5ccccc54)n3)cc2)cc1.c1ccc(-c2cccc(-c3nc(-c4ccc5c(c4)sc4ccccc45)nc(-c4ccc5c6ccccc6n(-c6ccccc6)c5c4)n3)c2)cc1.c1ccc(-c2nc(-c3ccc4c(c3)sc3ccccc34)nc(-n3c4ccccc4c4ccccc43)n2)cc1. The van der Waals surface area contributed by atoms with Crippen LogP contribution in [0.25, 0.3) is 245 Å². The Morgan fingerprint density at radius 2 is 0.371 bits per heavy atom. The lowest BCUT2D eigenvalue weighted by atomic mass is 10.0. The van der Waals surface area contributed by atoms with E-state index in [1.54, 1.807) is 34.0 Å². The average molecular weight is 1740 g/mol. The van der Waals surface area contributed by atoms with E-state index in [-0.39, 0.29) is 0 Å². The van der Waals surface area contributed by atoms with Crippen LogP contribution in [0.5, 0.6) is 0 Å². The van der Waals surface area contributed by atoms with Crippen LogP contribution in [-0.4, -0.2) is 58.6 Å². The Hall–Kier alpha value is -17.0. The number of aromatic nitrogens is 12. The van der Waals surface area contributed by atoms with Gasteiger partial charge in [-0.25, -0.2) is 24.9 Å². The van der Waals surface area contributed by atoms with E-state index in [1.165, 1.54) is 98.4 Å². The molecule has 0 saturated carbocycles. The third-order valence-corrected chi connectivity index (χ3v) is 28.2. The van der Waals surface area contributed by atoms with Crippen LogP contribution in [0.4, 0.5) is 0 Å². The molecule has 27 aromatic rings. The van der Waals surface area contributed by atoms with Crippen LogP contribution < -0.4 is 0 Å². The summed E-state index contributed by atoms with van der Waals surface area (Å²) in [6.45, 7) is 0. The maximum absolute atomic E-state index is 5.18. The van der Waals surface area contributed by atoms with Crippen molar-refractivity contribution in [3.63, 3.8) is 0 Å². The molecule has 27 rings (SSSR count). The molecule has 0 radical (unpaired) electrons. The highest BCUT2D eigenvalue weighted by Crippen LogP contribution is 2.44. The number of benzene rings is 18. The maximum atomic E-state index is 5.18. The zero-order valence-corrected chi connectivity index (χ0v) is 73.1. The first kappa shape index (κ1) is 77.4. The van der Waals surface area contributed by atoms with Crippen LogP contribution >= 0.6 is 34.0 Å². The van der Waals surface area contributed by atoms with Crippen molar-refractivity contribution in [1.82, 2.24) is 58.6 Å². The molecule has 132 heavy (non-hydrogen) atoms. The van der Waals surface area contributed by atoms with E-state index in [0.717, 1.165) is 94.4 Å². The van der Waals surface area contributed by atoms with Crippen molar-refractivity contribution >= 4 is 160 Å². The van der Waals surface area contributed by atoms with Gasteiger partial charge in [0.05, 0.1) is 33.1 Å². The van der Waals surface area contributed by atoms with Gasteiger partial charge in [-0.2, -0.15) is 19.9 Å². The number of rotatable bonds is 12.